The standard InChI is InChI=1S/C24H30N4O4/c29-24(19-4-3-18-5-9-25-21(18)14-19)28-10-1-2-20(15-28)23-26-22(27-32-23)8-13-31-16-17-6-11-30-12-7-17/h3-5,9,14,17,20,25H,1-2,6-8,10-13,15-16H2. The Kier molecular flexibility index (Phi) is 6.50. The number of nitrogens with one attached hydrogen (secondary N) is 1. The Balaban J connectivity index is 1.14. The van der Waals surface area contributed by atoms with Gasteiger partial charge in [-0.2, -0.15) is 4.98 Å². The van der Waals surface area contributed by atoms with Gasteiger partial charge in [0.05, 0.1) is 12.5 Å². The lowest BCUT2D eigenvalue weighted by Gasteiger charge is -2.31. The maximum absolute atomic E-state index is 13.1. The van der Waals surface area contributed by atoms with Crippen LogP contribution in [0.5, 0.6) is 0 Å². The van der Waals surface area contributed by atoms with Gasteiger partial charge in [0.25, 0.3) is 5.91 Å². The van der Waals surface area contributed by atoms with Crippen molar-refractivity contribution in [3.63, 3.8) is 0 Å². The fourth-order valence-corrected chi connectivity index (χ4v) is 4.59. The van der Waals surface area contributed by atoms with Gasteiger partial charge in [0, 0.05) is 56.6 Å². The number of likely N-dealkylation sites (tertiary alicyclic amines) is 1. The minimum Gasteiger partial charge on any atom is -0.381 e. The largest absolute Gasteiger partial charge is 0.381 e. The number of rotatable bonds is 7. The van der Waals surface area contributed by atoms with Crippen LogP contribution in [0, 0.1) is 5.92 Å². The van der Waals surface area contributed by atoms with Crippen molar-refractivity contribution in [3.8, 4) is 0 Å². The second-order valence-electron chi connectivity index (χ2n) is 8.80. The van der Waals surface area contributed by atoms with Crippen molar-refractivity contribution in [2.45, 2.75) is 38.0 Å². The maximum Gasteiger partial charge on any atom is 0.253 e. The van der Waals surface area contributed by atoms with Gasteiger partial charge < -0.3 is 23.9 Å². The predicted molar refractivity (Wildman–Crippen MR) is 119 cm³/mol. The molecule has 1 amide bonds. The van der Waals surface area contributed by atoms with E-state index < -0.39 is 0 Å². The quantitative estimate of drug-likeness (QED) is 0.567. The molecule has 3 aromatic rings. The summed E-state index contributed by atoms with van der Waals surface area (Å²) in [6, 6.07) is 7.80. The molecule has 2 aromatic heterocycles. The summed E-state index contributed by atoms with van der Waals surface area (Å²) in [5.41, 5.74) is 1.68. The molecule has 8 nitrogen and oxygen atoms in total. The van der Waals surface area contributed by atoms with Gasteiger partial charge in [-0.1, -0.05) is 11.2 Å². The predicted octanol–water partition coefficient (Wildman–Crippen LogP) is 3.56. The highest BCUT2D eigenvalue weighted by atomic mass is 16.5. The lowest BCUT2D eigenvalue weighted by molar-refractivity contribution is 0.0211. The van der Waals surface area contributed by atoms with Crippen molar-refractivity contribution < 1.29 is 18.8 Å². The Morgan fingerprint density at radius 2 is 2.12 bits per heavy atom. The smallest absolute Gasteiger partial charge is 0.253 e. The topological polar surface area (TPSA) is 93.5 Å². The molecule has 0 radical (unpaired) electrons. The highest BCUT2D eigenvalue weighted by Crippen LogP contribution is 2.27. The Morgan fingerprint density at radius 3 is 3.03 bits per heavy atom. The van der Waals surface area contributed by atoms with Crippen LogP contribution in [0.25, 0.3) is 10.9 Å². The highest BCUT2D eigenvalue weighted by Gasteiger charge is 2.29. The third-order valence-electron chi connectivity index (χ3n) is 6.51. The second kappa shape index (κ2) is 9.83. The molecule has 1 aromatic carbocycles. The third-order valence-corrected chi connectivity index (χ3v) is 6.51. The number of amides is 1. The van der Waals surface area contributed by atoms with Crippen LogP contribution in [0.2, 0.25) is 0 Å². The van der Waals surface area contributed by atoms with E-state index >= 15 is 0 Å². The van der Waals surface area contributed by atoms with E-state index in [4.69, 9.17) is 14.0 Å². The Hall–Kier alpha value is -2.71. The van der Waals surface area contributed by atoms with Crippen LogP contribution < -0.4 is 0 Å². The minimum absolute atomic E-state index is 0.0486. The normalized spacial score (nSPS) is 20.1. The fourth-order valence-electron chi connectivity index (χ4n) is 4.59. The number of nitrogens with zero attached hydrogens (tertiary/aromatic N) is 3. The molecule has 2 aliphatic heterocycles. The maximum atomic E-state index is 13.1. The highest BCUT2D eigenvalue weighted by molar-refractivity contribution is 5.98. The summed E-state index contributed by atoms with van der Waals surface area (Å²) in [6.45, 7) is 4.38. The number of fused-ring (bicyclic) bond motifs is 1. The van der Waals surface area contributed by atoms with E-state index in [0.29, 0.717) is 42.8 Å². The summed E-state index contributed by atoms with van der Waals surface area (Å²) in [4.78, 5) is 22.7. The van der Waals surface area contributed by atoms with E-state index in [1.807, 2.05) is 35.4 Å². The fraction of sp³-hybridized carbons (Fsp3) is 0.542. The number of H-pyrrole nitrogens is 1. The van der Waals surface area contributed by atoms with E-state index in [2.05, 4.69) is 15.1 Å². The molecular formula is C24H30N4O4. The Labute approximate surface area is 187 Å². The number of carbonyl (C=O) groups is 1. The van der Waals surface area contributed by atoms with E-state index in [0.717, 1.165) is 63.0 Å². The SMILES string of the molecule is O=C(c1ccc2cc[nH]c2c1)N1CCCC(c2nc(CCOCC3CCOCC3)no2)C1. The summed E-state index contributed by atoms with van der Waals surface area (Å²) in [5.74, 6) is 2.02. The molecule has 1 unspecified atom stereocenters. The molecular weight excluding hydrogens is 408 g/mol. The first kappa shape index (κ1) is 21.2. The van der Waals surface area contributed by atoms with E-state index in [9.17, 15) is 4.79 Å². The van der Waals surface area contributed by atoms with E-state index in [1.165, 1.54) is 0 Å². The Bertz CT molecular complexity index is 1040. The molecule has 4 heterocycles. The molecule has 0 spiro atoms. The molecule has 5 rings (SSSR count). The average Bonchev–Trinajstić information content (AvgIpc) is 3.51. The number of aromatic amines is 1. The van der Waals surface area contributed by atoms with Crippen molar-refractivity contribution in [2.75, 3.05) is 39.5 Å². The van der Waals surface area contributed by atoms with Crippen molar-refractivity contribution in [3.05, 3.63) is 47.7 Å². The van der Waals surface area contributed by atoms with Crippen LogP contribution in [0.4, 0.5) is 0 Å². The number of aromatic nitrogens is 3. The molecule has 0 bridgehead atoms. The van der Waals surface area contributed by atoms with Crippen LogP contribution in [-0.4, -0.2) is 65.4 Å². The van der Waals surface area contributed by atoms with Gasteiger partial charge in [0.1, 0.15) is 0 Å². The zero-order chi connectivity index (χ0) is 21.8. The van der Waals surface area contributed by atoms with Gasteiger partial charge in [-0.15, -0.1) is 0 Å². The lowest BCUT2D eigenvalue weighted by atomic mass is 9.97. The molecule has 1 atom stereocenters. The first-order valence-corrected chi connectivity index (χ1v) is 11.6. The van der Waals surface area contributed by atoms with Crippen LogP contribution in [0.1, 0.15) is 53.7 Å². The lowest BCUT2D eigenvalue weighted by Crippen LogP contribution is -2.39. The summed E-state index contributed by atoms with van der Waals surface area (Å²) in [5, 5.41) is 5.24. The zero-order valence-electron chi connectivity index (χ0n) is 18.3. The summed E-state index contributed by atoms with van der Waals surface area (Å²) >= 11 is 0. The Morgan fingerprint density at radius 1 is 1.22 bits per heavy atom. The molecule has 0 aliphatic carbocycles. The van der Waals surface area contributed by atoms with Crippen molar-refractivity contribution in [1.82, 2.24) is 20.0 Å². The number of piperidine rings is 1. The van der Waals surface area contributed by atoms with Crippen molar-refractivity contribution in [1.29, 1.82) is 0 Å². The second-order valence-corrected chi connectivity index (χ2v) is 8.80. The molecule has 2 saturated heterocycles. The summed E-state index contributed by atoms with van der Waals surface area (Å²) in [6.07, 6.45) is 6.54. The van der Waals surface area contributed by atoms with Crippen LogP contribution in [0.3, 0.4) is 0 Å². The van der Waals surface area contributed by atoms with E-state index in [1.54, 1.807) is 0 Å². The van der Waals surface area contributed by atoms with Gasteiger partial charge in [0.15, 0.2) is 5.82 Å². The number of ether oxygens (including phenoxy) is 2. The summed E-state index contributed by atoms with van der Waals surface area (Å²) in [7, 11) is 0. The number of carbonyl (C=O) groups excluding carboxylic acids is 1. The molecule has 1 N–H and O–H groups in total. The van der Waals surface area contributed by atoms with E-state index in [-0.39, 0.29) is 11.8 Å². The van der Waals surface area contributed by atoms with Gasteiger partial charge in [-0.25, -0.2) is 0 Å². The molecule has 170 valence electrons. The zero-order valence-corrected chi connectivity index (χ0v) is 18.3. The number of hydrogen-bond donors (Lipinski definition) is 1. The monoisotopic (exact) mass is 438 g/mol. The van der Waals surface area contributed by atoms with Crippen molar-refractivity contribution in [2.24, 2.45) is 5.92 Å². The summed E-state index contributed by atoms with van der Waals surface area (Å²) < 4.78 is 16.8. The van der Waals surface area contributed by atoms with Crippen LogP contribution >= 0.6 is 0 Å². The molecule has 0 saturated carbocycles. The molecule has 2 aliphatic rings. The molecule has 32 heavy (non-hydrogen) atoms. The van der Waals surface area contributed by atoms with Gasteiger partial charge in [-0.3, -0.25) is 4.79 Å². The first-order valence-electron chi connectivity index (χ1n) is 11.6. The van der Waals surface area contributed by atoms with Crippen LogP contribution in [0.15, 0.2) is 35.0 Å². The third kappa shape index (κ3) is 4.86. The van der Waals surface area contributed by atoms with Crippen LogP contribution in [-0.2, 0) is 15.9 Å². The minimum atomic E-state index is 0.0486. The van der Waals surface area contributed by atoms with Gasteiger partial charge >= 0.3 is 0 Å². The van der Waals surface area contributed by atoms with Gasteiger partial charge in [0.2, 0.25) is 5.89 Å². The van der Waals surface area contributed by atoms with Crippen molar-refractivity contribution >= 4 is 16.8 Å². The number of benzene rings is 1. The average molecular weight is 439 g/mol. The first-order chi connectivity index (χ1) is 15.8. The number of hydrogen-bond acceptors (Lipinski definition) is 6. The molecule has 8 heteroatoms. The van der Waals surface area contributed by atoms with Gasteiger partial charge in [-0.05, 0) is 55.2 Å². The molecule has 2 fully saturated rings.